The average molecular weight is 290 g/mol. The zero-order chi connectivity index (χ0) is 15.4. The number of benzene rings is 1. The standard InChI is InChI=1S/C18H30N2O/c1-6-9-20-10-8-15-11-16(13-19(4)5)18(21-7-2)12-17(15)14(20)3/h11-12,14H,6-10,13H2,1-5H3. The lowest BCUT2D eigenvalue weighted by atomic mass is 9.91. The lowest BCUT2D eigenvalue weighted by Crippen LogP contribution is -2.34. The lowest BCUT2D eigenvalue weighted by Gasteiger charge is -2.36. The summed E-state index contributed by atoms with van der Waals surface area (Å²) < 4.78 is 5.90. The molecule has 0 aliphatic carbocycles. The number of hydrogen-bond acceptors (Lipinski definition) is 3. The smallest absolute Gasteiger partial charge is 0.124 e. The summed E-state index contributed by atoms with van der Waals surface area (Å²) in [5.74, 6) is 1.06. The molecule has 1 heterocycles. The van der Waals surface area contributed by atoms with Crippen LogP contribution in [0.3, 0.4) is 0 Å². The van der Waals surface area contributed by atoms with Gasteiger partial charge in [-0.2, -0.15) is 0 Å². The molecule has 1 aliphatic rings. The minimum atomic E-state index is 0.501. The third-order valence-electron chi connectivity index (χ3n) is 4.29. The minimum Gasteiger partial charge on any atom is -0.494 e. The molecule has 0 aromatic heterocycles. The van der Waals surface area contributed by atoms with E-state index in [0.29, 0.717) is 6.04 Å². The molecule has 0 amide bonds. The molecule has 1 aromatic rings. The number of fused-ring (bicyclic) bond motifs is 1. The van der Waals surface area contributed by atoms with Gasteiger partial charge >= 0.3 is 0 Å². The van der Waals surface area contributed by atoms with Crippen LogP contribution in [0.4, 0.5) is 0 Å². The molecule has 21 heavy (non-hydrogen) atoms. The molecule has 1 aliphatic heterocycles. The predicted octanol–water partition coefficient (Wildman–Crippen LogP) is 3.48. The first-order valence-corrected chi connectivity index (χ1v) is 8.24. The van der Waals surface area contributed by atoms with Crippen LogP contribution in [0.15, 0.2) is 12.1 Å². The second-order valence-electron chi connectivity index (χ2n) is 6.29. The predicted molar refractivity (Wildman–Crippen MR) is 89.0 cm³/mol. The molecule has 0 saturated heterocycles. The summed E-state index contributed by atoms with van der Waals surface area (Å²) >= 11 is 0. The van der Waals surface area contributed by atoms with Gasteiger partial charge in [0.05, 0.1) is 6.61 Å². The molecule has 0 bridgehead atoms. The van der Waals surface area contributed by atoms with Gasteiger partial charge in [-0.05, 0) is 64.5 Å². The van der Waals surface area contributed by atoms with Gasteiger partial charge in [-0.3, -0.25) is 4.90 Å². The Morgan fingerprint density at radius 3 is 2.67 bits per heavy atom. The fourth-order valence-corrected chi connectivity index (χ4v) is 3.30. The molecule has 1 atom stereocenters. The maximum atomic E-state index is 5.90. The normalized spacial score (nSPS) is 18.9. The summed E-state index contributed by atoms with van der Waals surface area (Å²) in [6.07, 6.45) is 2.38. The summed E-state index contributed by atoms with van der Waals surface area (Å²) in [6, 6.07) is 5.17. The van der Waals surface area contributed by atoms with E-state index in [1.807, 2.05) is 0 Å². The molecule has 0 saturated carbocycles. The molecule has 0 fully saturated rings. The molecule has 3 heteroatoms. The first-order valence-electron chi connectivity index (χ1n) is 8.24. The van der Waals surface area contributed by atoms with Crippen molar-refractivity contribution in [1.29, 1.82) is 0 Å². The second kappa shape index (κ2) is 7.28. The topological polar surface area (TPSA) is 15.7 Å². The van der Waals surface area contributed by atoms with Gasteiger partial charge in [-0.25, -0.2) is 0 Å². The van der Waals surface area contributed by atoms with Gasteiger partial charge in [0.25, 0.3) is 0 Å². The molecule has 0 radical (unpaired) electrons. The highest BCUT2D eigenvalue weighted by Crippen LogP contribution is 2.34. The van der Waals surface area contributed by atoms with Gasteiger partial charge < -0.3 is 9.64 Å². The quantitative estimate of drug-likeness (QED) is 0.798. The van der Waals surface area contributed by atoms with Crippen molar-refractivity contribution in [3.8, 4) is 5.75 Å². The highest BCUT2D eigenvalue weighted by atomic mass is 16.5. The van der Waals surface area contributed by atoms with E-state index in [1.54, 1.807) is 0 Å². The number of hydrogen-bond donors (Lipinski definition) is 0. The first kappa shape index (κ1) is 16.3. The Bertz CT molecular complexity index is 471. The number of rotatable bonds is 6. The molecule has 1 unspecified atom stereocenters. The zero-order valence-corrected chi connectivity index (χ0v) is 14.3. The molecule has 3 nitrogen and oxygen atoms in total. The monoisotopic (exact) mass is 290 g/mol. The van der Waals surface area contributed by atoms with Crippen LogP contribution in [0.25, 0.3) is 0 Å². The fourth-order valence-electron chi connectivity index (χ4n) is 3.30. The number of nitrogens with zero attached hydrogens (tertiary/aromatic N) is 2. The summed E-state index contributed by atoms with van der Waals surface area (Å²) in [6.45, 7) is 10.7. The summed E-state index contributed by atoms with van der Waals surface area (Å²) in [5, 5.41) is 0. The van der Waals surface area contributed by atoms with Gasteiger partial charge in [0, 0.05) is 24.7 Å². The third kappa shape index (κ3) is 3.78. The van der Waals surface area contributed by atoms with Crippen molar-refractivity contribution in [1.82, 2.24) is 9.80 Å². The third-order valence-corrected chi connectivity index (χ3v) is 4.29. The molecule has 118 valence electrons. The van der Waals surface area contributed by atoms with E-state index in [1.165, 1.54) is 36.2 Å². The SMILES string of the molecule is CCCN1CCc2cc(CN(C)C)c(OCC)cc2C1C. The van der Waals surface area contributed by atoms with Crippen LogP contribution in [-0.2, 0) is 13.0 Å². The molecular formula is C18H30N2O. The summed E-state index contributed by atoms with van der Waals surface area (Å²) in [4.78, 5) is 4.80. The Hall–Kier alpha value is -1.06. The maximum absolute atomic E-state index is 5.90. The zero-order valence-electron chi connectivity index (χ0n) is 14.3. The Kier molecular flexibility index (Phi) is 5.65. The van der Waals surface area contributed by atoms with Crippen LogP contribution in [0.1, 0.15) is 49.9 Å². The Balaban J connectivity index is 2.34. The summed E-state index contributed by atoms with van der Waals surface area (Å²) in [5.41, 5.74) is 4.28. The van der Waals surface area contributed by atoms with Crippen molar-refractivity contribution in [3.63, 3.8) is 0 Å². The van der Waals surface area contributed by atoms with E-state index in [4.69, 9.17) is 4.74 Å². The maximum Gasteiger partial charge on any atom is 0.124 e. The van der Waals surface area contributed by atoms with Crippen LogP contribution >= 0.6 is 0 Å². The summed E-state index contributed by atoms with van der Waals surface area (Å²) in [7, 11) is 4.22. The van der Waals surface area contributed by atoms with Crippen molar-refractivity contribution in [2.45, 2.75) is 46.2 Å². The molecule has 0 spiro atoms. The highest BCUT2D eigenvalue weighted by Gasteiger charge is 2.25. The van der Waals surface area contributed by atoms with E-state index in [9.17, 15) is 0 Å². The largest absolute Gasteiger partial charge is 0.494 e. The highest BCUT2D eigenvalue weighted by molar-refractivity contribution is 5.45. The van der Waals surface area contributed by atoms with E-state index < -0.39 is 0 Å². The van der Waals surface area contributed by atoms with Crippen molar-refractivity contribution in [2.75, 3.05) is 33.8 Å². The lowest BCUT2D eigenvalue weighted by molar-refractivity contribution is 0.198. The number of ether oxygens (including phenoxy) is 1. The Morgan fingerprint density at radius 1 is 1.29 bits per heavy atom. The van der Waals surface area contributed by atoms with Crippen LogP contribution in [0.5, 0.6) is 5.75 Å². The van der Waals surface area contributed by atoms with Gasteiger partial charge in [0.15, 0.2) is 0 Å². The molecule has 2 rings (SSSR count). The van der Waals surface area contributed by atoms with Gasteiger partial charge in [0.2, 0.25) is 0 Å². The van der Waals surface area contributed by atoms with Crippen molar-refractivity contribution < 1.29 is 4.74 Å². The van der Waals surface area contributed by atoms with Crippen molar-refractivity contribution in [2.24, 2.45) is 0 Å². The van der Waals surface area contributed by atoms with Crippen molar-refractivity contribution >= 4 is 0 Å². The Morgan fingerprint density at radius 2 is 2.05 bits per heavy atom. The van der Waals surface area contributed by atoms with E-state index >= 15 is 0 Å². The van der Waals surface area contributed by atoms with Crippen LogP contribution in [-0.4, -0.2) is 43.6 Å². The van der Waals surface area contributed by atoms with Gasteiger partial charge in [-0.15, -0.1) is 0 Å². The molecule has 1 aromatic carbocycles. The van der Waals surface area contributed by atoms with E-state index in [-0.39, 0.29) is 0 Å². The van der Waals surface area contributed by atoms with E-state index in [0.717, 1.165) is 25.3 Å². The van der Waals surface area contributed by atoms with Crippen molar-refractivity contribution in [3.05, 3.63) is 28.8 Å². The van der Waals surface area contributed by atoms with Gasteiger partial charge in [0.1, 0.15) is 5.75 Å². The van der Waals surface area contributed by atoms with Gasteiger partial charge in [-0.1, -0.05) is 13.0 Å². The molecular weight excluding hydrogens is 260 g/mol. The molecule has 0 N–H and O–H groups in total. The Labute approximate surface area is 129 Å². The average Bonchev–Trinajstić information content (AvgIpc) is 2.43. The minimum absolute atomic E-state index is 0.501. The second-order valence-corrected chi connectivity index (χ2v) is 6.29. The fraction of sp³-hybridized carbons (Fsp3) is 0.667. The van der Waals surface area contributed by atoms with E-state index in [2.05, 4.69) is 56.8 Å². The first-order chi connectivity index (χ1) is 10.1. The van der Waals surface area contributed by atoms with Crippen LogP contribution in [0.2, 0.25) is 0 Å². The van der Waals surface area contributed by atoms with Crippen LogP contribution in [0, 0.1) is 0 Å². The van der Waals surface area contributed by atoms with Crippen LogP contribution < -0.4 is 4.74 Å².